The van der Waals surface area contributed by atoms with Gasteiger partial charge in [0.15, 0.2) is 6.54 Å². The Morgan fingerprint density at radius 3 is 2.70 bits per heavy atom. The summed E-state index contributed by atoms with van der Waals surface area (Å²) in [4.78, 5) is 23.4. The Morgan fingerprint density at radius 2 is 1.93 bits per heavy atom. The molecule has 1 aromatic carbocycles. The maximum absolute atomic E-state index is 13.1. The summed E-state index contributed by atoms with van der Waals surface area (Å²) in [6.07, 6.45) is 3.01. The molecule has 2 aliphatic rings. The summed E-state index contributed by atoms with van der Waals surface area (Å²) in [6, 6.07) is 14.5. The third-order valence-electron chi connectivity index (χ3n) is 5.45. The molecule has 5 nitrogen and oxygen atoms in total. The summed E-state index contributed by atoms with van der Waals surface area (Å²) in [6.45, 7) is 7.60. The highest BCUT2D eigenvalue weighted by Crippen LogP contribution is 2.37. The fourth-order valence-electron chi connectivity index (χ4n) is 3.88. The minimum absolute atomic E-state index is 0.256. The molecule has 2 N–H and O–H groups in total. The number of para-hydroxylation sites is 1. The van der Waals surface area contributed by atoms with E-state index in [1.54, 1.807) is 0 Å². The molecular formula is C21H28N4OS+2. The Balaban J connectivity index is 1.39. The predicted molar refractivity (Wildman–Crippen MR) is 110 cm³/mol. The molecule has 0 aliphatic carbocycles. The second-order valence-corrected chi connectivity index (χ2v) is 8.87. The molecule has 1 amide bonds. The van der Waals surface area contributed by atoms with Crippen molar-refractivity contribution in [2.45, 2.75) is 23.5 Å². The van der Waals surface area contributed by atoms with Crippen molar-refractivity contribution in [3.8, 4) is 0 Å². The van der Waals surface area contributed by atoms with E-state index < -0.39 is 0 Å². The van der Waals surface area contributed by atoms with E-state index in [2.05, 4.69) is 47.1 Å². The minimum Gasteiger partial charge on any atom is -0.321 e. The van der Waals surface area contributed by atoms with Crippen LogP contribution in [0.3, 0.4) is 0 Å². The Morgan fingerprint density at radius 1 is 1.15 bits per heavy atom. The highest BCUT2D eigenvalue weighted by molar-refractivity contribution is 8.00. The molecule has 2 aliphatic heterocycles. The first-order chi connectivity index (χ1) is 13.2. The molecule has 27 heavy (non-hydrogen) atoms. The molecule has 0 bridgehead atoms. The minimum atomic E-state index is 0.256. The van der Waals surface area contributed by atoms with Crippen LogP contribution in [0.2, 0.25) is 0 Å². The molecule has 4 rings (SSSR count). The van der Waals surface area contributed by atoms with Gasteiger partial charge in [-0.1, -0.05) is 25.1 Å². The van der Waals surface area contributed by atoms with Crippen molar-refractivity contribution in [3.05, 3.63) is 48.7 Å². The van der Waals surface area contributed by atoms with Crippen molar-refractivity contribution in [2.75, 3.05) is 49.1 Å². The summed E-state index contributed by atoms with van der Waals surface area (Å²) < 4.78 is 0. The lowest BCUT2D eigenvalue weighted by Crippen LogP contribution is -3.16. The standard InChI is InChI=1S/C21H26N4OS/c1-17-9-11-25(18-6-2-3-7-19(18)27-17)21(26)16-23-12-14-24(15-13-23)20-8-4-5-10-22-20/h2-8,10,17H,9,11-16H2,1H3/p+2/t17-/m0/s1. The average Bonchev–Trinajstić information content (AvgIpc) is 2.87. The zero-order valence-corrected chi connectivity index (χ0v) is 16.7. The van der Waals surface area contributed by atoms with Crippen molar-refractivity contribution in [2.24, 2.45) is 0 Å². The van der Waals surface area contributed by atoms with Crippen LogP contribution in [-0.2, 0) is 4.79 Å². The van der Waals surface area contributed by atoms with E-state index in [-0.39, 0.29) is 5.91 Å². The van der Waals surface area contributed by atoms with Crippen LogP contribution in [0.4, 0.5) is 11.5 Å². The first-order valence-electron chi connectivity index (χ1n) is 9.82. The predicted octanol–water partition coefficient (Wildman–Crippen LogP) is 1.12. The molecule has 142 valence electrons. The number of anilines is 2. The van der Waals surface area contributed by atoms with Gasteiger partial charge in [-0.15, -0.1) is 11.8 Å². The van der Waals surface area contributed by atoms with Gasteiger partial charge in [0.25, 0.3) is 11.7 Å². The lowest BCUT2D eigenvalue weighted by molar-refractivity contribution is -0.892. The number of carbonyl (C=O) groups excluding carboxylic acids is 1. The zero-order valence-electron chi connectivity index (χ0n) is 15.9. The van der Waals surface area contributed by atoms with E-state index in [9.17, 15) is 4.79 Å². The maximum atomic E-state index is 13.1. The molecule has 6 heteroatoms. The molecule has 0 spiro atoms. The lowest BCUT2D eigenvalue weighted by Gasteiger charge is -2.30. The number of carbonyl (C=O) groups is 1. The number of nitrogens with zero attached hydrogens (tertiary/aromatic N) is 2. The summed E-state index contributed by atoms with van der Waals surface area (Å²) in [7, 11) is 0. The van der Waals surface area contributed by atoms with Gasteiger partial charge in [-0.2, -0.15) is 0 Å². The number of rotatable bonds is 3. The van der Waals surface area contributed by atoms with Gasteiger partial charge in [0.05, 0.1) is 11.9 Å². The fraction of sp³-hybridized carbons (Fsp3) is 0.429. The number of H-pyrrole nitrogens is 1. The van der Waals surface area contributed by atoms with Crippen LogP contribution in [0.5, 0.6) is 0 Å². The van der Waals surface area contributed by atoms with E-state index in [1.807, 2.05) is 35.0 Å². The summed E-state index contributed by atoms with van der Waals surface area (Å²) >= 11 is 1.89. The van der Waals surface area contributed by atoms with Gasteiger partial charge < -0.3 is 9.80 Å². The largest absolute Gasteiger partial charge is 0.321 e. The highest BCUT2D eigenvalue weighted by Gasteiger charge is 2.30. The number of pyridine rings is 1. The molecule has 1 atom stereocenters. The fourth-order valence-corrected chi connectivity index (χ4v) is 4.99. The molecule has 0 unspecified atom stereocenters. The van der Waals surface area contributed by atoms with Crippen LogP contribution >= 0.6 is 11.8 Å². The van der Waals surface area contributed by atoms with E-state index in [0.717, 1.165) is 50.6 Å². The molecule has 1 fully saturated rings. The molecule has 0 saturated carbocycles. The van der Waals surface area contributed by atoms with Gasteiger partial charge in [-0.05, 0) is 24.6 Å². The number of piperazine rings is 1. The number of aromatic nitrogens is 1. The second-order valence-electron chi connectivity index (χ2n) is 7.39. The monoisotopic (exact) mass is 384 g/mol. The number of amides is 1. The summed E-state index contributed by atoms with van der Waals surface area (Å²) in [5.41, 5.74) is 1.09. The first-order valence-corrected chi connectivity index (χ1v) is 10.7. The number of thioether (sulfide) groups is 1. The normalized spacial score (nSPS) is 20.9. The Bertz CT molecular complexity index is 777. The average molecular weight is 385 g/mol. The van der Waals surface area contributed by atoms with Gasteiger partial charge in [-0.3, -0.25) is 9.69 Å². The van der Waals surface area contributed by atoms with Gasteiger partial charge in [-0.25, -0.2) is 4.98 Å². The number of fused-ring (bicyclic) bond motifs is 1. The summed E-state index contributed by atoms with van der Waals surface area (Å²) in [5.74, 6) is 1.42. The van der Waals surface area contributed by atoms with Crippen LogP contribution in [0, 0.1) is 0 Å². The molecular weight excluding hydrogens is 356 g/mol. The number of quaternary nitrogens is 1. The number of nitrogens with one attached hydrogen (secondary N) is 2. The number of hydrogen-bond acceptors (Lipinski definition) is 3. The number of aromatic amines is 1. The SMILES string of the molecule is C[C@H]1CCN(C(=O)C[NH+]2CCN(c3cccc[nH+]3)CC2)c2ccccc2S1. The van der Waals surface area contributed by atoms with Crippen molar-refractivity contribution in [1.82, 2.24) is 0 Å². The molecule has 2 aromatic rings. The lowest BCUT2D eigenvalue weighted by atomic mass is 10.2. The van der Waals surface area contributed by atoms with Crippen molar-refractivity contribution in [3.63, 3.8) is 0 Å². The van der Waals surface area contributed by atoms with Crippen molar-refractivity contribution < 1.29 is 14.7 Å². The topological polar surface area (TPSA) is 42.1 Å². The maximum Gasteiger partial charge on any atom is 0.282 e. The Kier molecular flexibility index (Phi) is 5.64. The molecule has 1 aromatic heterocycles. The first kappa shape index (κ1) is 18.3. The number of hydrogen-bond donors (Lipinski definition) is 1. The number of benzene rings is 1. The summed E-state index contributed by atoms with van der Waals surface area (Å²) in [5, 5.41) is 0.543. The highest BCUT2D eigenvalue weighted by atomic mass is 32.2. The van der Waals surface area contributed by atoms with E-state index in [4.69, 9.17) is 0 Å². The van der Waals surface area contributed by atoms with Gasteiger partial charge >= 0.3 is 0 Å². The molecule has 1 saturated heterocycles. The third kappa shape index (κ3) is 4.28. The molecule has 3 heterocycles. The van der Waals surface area contributed by atoms with Gasteiger partial charge in [0.2, 0.25) is 0 Å². The zero-order chi connectivity index (χ0) is 18.6. The van der Waals surface area contributed by atoms with Crippen molar-refractivity contribution in [1.29, 1.82) is 0 Å². The van der Waals surface area contributed by atoms with Crippen LogP contribution < -0.4 is 19.7 Å². The Labute approximate surface area is 165 Å². The van der Waals surface area contributed by atoms with Crippen LogP contribution in [0.25, 0.3) is 0 Å². The van der Waals surface area contributed by atoms with Crippen molar-refractivity contribution >= 4 is 29.2 Å². The van der Waals surface area contributed by atoms with Crippen LogP contribution in [0.15, 0.2) is 53.6 Å². The van der Waals surface area contributed by atoms with Gasteiger partial charge in [0.1, 0.15) is 26.2 Å². The third-order valence-corrected chi connectivity index (χ3v) is 6.69. The van der Waals surface area contributed by atoms with Gasteiger partial charge in [0, 0.05) is 22.8 Å². The second kappa shape index (κ2) is 8.31. The van der Waals surface area contributed by atoms with E-state index in [0.29, 0.717) is 11.8 Å². The van der Waals surface area contributed by atoms with Crippen LogP contribution in [0.1, 0.15) is 13.3 Å². The van der Waals surface area contributed by atoms with Crippen LogP contribution in [-0.4, -0.2) is 50.4 Å². The Hall–Kier alpha value is -2.05. The smallest absolute Gasteiger partial charge is 0.282 e. The quantitative estimate of drug-likeness (QED) is 0.863. The van der Waals surface area contributed by atoms with E-state index in [1.165, 1.54) is 9.80 Å². The molecule has 0 radical (unpaired) electrons. The van der Waals surface area contributed by atoms with E-state index >= 15 is 0 Å².